The van der Waals surface area contributed by atoms with Crippen LogP contribution in [0.3, 0.4) is 0 Å². The predicted molar refractivity (Wildman–Crippen MR) is 96.6 cm³/mol. The van der Waals surface area contributed by atoms with E-state index in [1.807, 2.05) is 43.5 Å². The summed E-state index contributed by atoms with van der Waals surface area (Å²) in [5.41, 5.74) is 8.03. The fraction of sp³-hybridized carbons (Fsp3) is 0.294. The van der Waals surface area contributed by atoms with Gasteiger partial charge in [-0.1, -0.05) is 6.07 Å². The van der Waals surface area contributed by atoms with Crippen LogP contribution in [0, 0.1) is 0 Å². The molecule has 0 bridgehead atoms. The van der Waals surface area contributed by atoms with Crippen molar-refractivity contribution in [1.82, 2.24) is 15.0 Å². The summed E-state index contributed by atoms with van der Waals surface area (Å²) in [5, 5.41) is 7.58. The van der Waals surface area contributed by atoms with Crippen LogP contribution >= 0.6 is 0 Å². The maximum Gasteiger partial charge on any atom is 0.224 e. The second kappa shape index (κ2) is 7.76. The van der Waals surface area contributed by atoms with Crippen molar-refractivity contribution in [2.24, 2.45) is 5.73 Å². The number of hydrogen-bond acceptors (Lipinski definition) is 6. The van der Waals surface area contributed by atoms with Crippen LogP contribution in [-0.2, 0) is 4.74 Å². The third kappa shape index (κ3) is 4.01. The lowest BCUT2D eigenvalue weighted by atomic mass is 10.2. The van der Waals surface area contributed by atoms with Gasteiger partial charge in [0.25, 0.3) is 0 Å². The van der Waals surface area contributed by atoms with Crippen LogP contribution in [-0.4, -0.2) is 40.8 Å². The average Bonchev–Trinajstić information content (AvgIpc) is 3.08. The van der Waals surface area contributed by atoms with Crippen LogP contribution in [0.4, 0.5) is 17.5 Å². The monoisotopic (exact) mass is 326 g/mol. The van der Waals surface area contributed by atoms with Crippen molar-refractivity contribution in [3.05, 3.63) is 42.7 Å². The molecular formula is C17H22N6O. The Morgan fingerprint density at radius 2 is 2.21 bits per heavy atom. The highest BCUT2D eigenvalue weighted by Crippen LogP contribution is 2.25. The number of nitrogens with zero attached hydrogens (tertiary/aromatic N) is 2. The number of nitrogens with one attached hydrogen (secondary N) is 3. The lowest BCUT2D eigenvalue weighted by Crippen LogP contribution is -2.34. The number of hydrogen-bond donors (Lipinski definition) is 4. The smallest absolute Gasteiger partial charge is 0.224 e. The van der Waals surface area contributed by atoms with E-state index in [0.717, 1.165) is 22.4 Å². The fourth-order valence-corrected chi connectivity index (χ4v) is 2.40. The number of nitrogens with two attached hydrogens (primary N) is 1. The molecule has 0 radical (unpaired) electrons. The van der Waals surface area contributed by atoms with Gasteiger partial charge in [0.05, 0.1) is 6.61 Å². The molecule has 0 fully saturated rings. The van der Waals surface area contributed by atoms with E-state index < -0.39 is 0 Å². The molecule has 7 nitrogen and oxygen atoms in total. The van der Waals surface area contributed by atoms with Gasteiger partial charge in [0.15, 0.2) is 0 Å². The summed E-state index contributed by atoms with van der Waals surface area (Å²) in [6.45, 7) is 3.67. The quantitative estimate of drug-likeness (QED) is 0.507. The molecule has 0 saturated carbocycles. The maximum absolute atomic E-state index is 5.96. The average molecular weight is 326 g/mol. The molecule has 0 saturated heterocycles. The molecule has 3 aromatic rings. The molecule has 0 aliphatic carbocycles. The minimum atomic E-state index is -0.0984. The van der Waals surface area contributed by atoms with Crippen LogP contribution in [0.5, 0.6) is 0 Å². The van der Waals surface area contributed by atoms with E-state index in [2.05, 4.69) is 25.6 Å². The summed E-state index contributed by atoms with van der Waals surface area (Å²) in [5.74, 6) is 1.26. The Labute approximate surface area is 140 Å². The lowest BCUT2D eigenvalue weighted by Gasteiger charge is -2.13. The van der Waals surface area contributed by atoms with Crippen molar-refractivity contribution in [3.63, 3.8) is 0 Å². The molecule has 1 atom stereocenters. The summed E-state index contributed by atoms with van der Waals surface area (Å²) in [6, 6.07) is 9.81. The number of aromatic amines is 1. The number of aromatic nitrogens is 3. The molecular weight excluding hydrogens is 304 g/mol. The van der Waals surface area contributed by atoms with E-state index in [1.54, 1.807) is 6.20 Å². The molecule has 2 aromatic heterocycles. The topological polar surface area (TPSA) is 101 Å². The summed E-state index contributed by atoms with van der Waals surface area (Å²) in [7, 11) is 0. The van der Waals surface area contributed by atoms with Crippen molar-refractivity contribution >= 4 is 28.4 Å². The van der Waals surface area contributed by atoms with Gasteiger partial charge in [0.1, 0.15) is 5.82 Å². The second-order valence-electron chi connectivity index (χ2n) is 5.44. The van der Waals surface area contributed by atoms with E-state index in [9.17, 15) is 0 Å². The minimum Gasteiger partial charge on any atom is -0.380 e. The van der Waals surface area contributed by atoms with Crippen molar-refractivity contribution in [2.75, 3.05) is 30.4 Å². The highest BCUT2D eigenvalue weighted by molar-refractivity contribution is 5.93. The zero-order valence-corrected chi connectivity index (χ0v) is 13.6. The maximum atomic E-state index is 5.96. The Balaban J connectivity index is 1.66. The summed E-state index contributed by atoms with van der Waals surface area (Å²) in [4.78, 5) is 11.9. The van der Waals surface area contributed by atoms with E-state index in [4.69, 9.17) is 10.5 Å². The number of rotatable bonds is 8. The SMILES string of the molecule is CCOC[C@H](N)CNc1nccc(Nc2cccc3[nH]ccc23)n1. The van der Waals surface area contributed by atoms with Gasteiger partial charge in [0, 0.05) is 48.2 Å². The van der Waals surface area contributed by atoms with Crippen LogP contribution in [0.25, 0.3) is 10.9 Å². The molecule has 0 aliphatic rings. The first-order valence-corrected chi connectivity index (χ1v) is 7.99. The Morgan fingerprint density at radius 3 is 3.08 bits per heavy atom. The first-order chi connectivity index (χ1) is 11.8. The first kappa shape index (κ1) is 16.2. The van der Waals surface area contributed by atoms with Gasteiger partial charge < -0.3 is 26.1 Å². The molecule has 3 rings (SSSR count). The summed E-state index contributed by atoms with van der Waals surface area (Å²) >= 11 is 0. The van der Waals surface area contributed by atoms with Gasteiger partial charge in [-0.15, -0.1) is 0 Å². The van der Waals surface area contributed by atoms with Crippen LogP contribution < -0.4 is 16.4 Å². The number of anilines is 3. The first-order valence-electron chi connectivity index (χ1n) is 7.99. The van der Waals surface area contributed by atoms with Crippen molar-refractivity contribution in [1.29, 1.82) is 0 Å². The molecule has 126 valence electrons. The zero-order chi connectivity index (χ0) is 16.8. The minimum absolute atomic E-state index is 0.0984. The van der Waals surface area contributed by atoms with Gasteiger partial charge in [-0.05, 0) is 31.2 Å². The van der Waals surface area contributed by atoms with Gasteiger partial charge in [0.2, 0.25) is 5.95 Å². The lowest BCUT2D eigenvalue weighted by molar-refractivity contribution is 0.136. The van der Waals surface area contributed by atoms with Gasteiger partial charge in [-0.25, -0.2) is 4.98 Å². The summed E-state index contributed by atoms with van der Waals surface area (Å²) in [6.07, 6.45) is 3.63. The molecule has 24 heavy (non-hydrogen) atoms. The highest BCUT2D eigenvalue weighted by Gasteiger charge is 2.06. The highest BCUT2D eigenvalue weighted by atomic mass is 16.5. The van der Waals surface area contributed by atoms with Crippen LogP contribution in [0.15, 0.2) is 42.7 Å². The van der Waals surface area contributed by atoms with Crippen molar-refractivity contribution in [2.45, 2.75) is 13.0 Å². The van der Waals surface area contributed by atoms with Crippen LogP contribution in [0.1, 0.15) is 6.92 Å². The second-order valence-corrected chi connectivity index (χ2v) is 5.44. The molecule has 7 heteroatoms. The number of H-pyrrole nitrogens is 1. The number of benzene rings is 1. The van der Waals surface area contributed by atoms with Crippen molar-refractivity contribution < 1.29 is 4.74 Å². The fourth-order valence-electron chi connectivity index (χ4n) is 2.40. The van der Waals surface area contributed by atoms with E-state index in [1.165, 1.54) is 0 Å². The number of fused-ring (bicyclic) bond motifs is 1. The third-order valence-corrected chi connectivity index (χ3v) is 3.57. The van der Waals surface area contributed by atoms with Crippen LogP contribution in [0.2, 0.25) is 0 Å². The Morgan fingerprint density at radius 1 is 1.29 bits per heavy atom. The van der Waals surface area contributed by atoms with E-state index in [0.29, 0.717) is 25.7 Å². The Kier molecular flexibility index (Phi) is 5.25. The van der Waals surface area contributed by atoms with Crippen molar-refractivity contribution in [3.8, 4) is 0 Å². The largest absolute Gasteiger partial charge is 0.380 e. The normalized spacial score (nSPS) is 12.2. The van der Waals surface area contributed by atoms with Gasteiger partial charge >= 0.3 is 0 Å². The molecule has 0 aliphatic heterocycles. The van der Waals surface area contributed by atoms with Gasteiger partial charge in [-0.2, -0.15) is 4.98 Å². The third-order valence-electron chi connectivity index (χ3n) is 3.57. The van der Waals surface area contributed by atoms with E-state index >= 15 is 0 Å². The number of ether oxygens (including phenoxy) is 1. The molecule has 0 spiro atoms. The summed E-state index contributed by atoms with van der Waals surface area (Å²) < 4.78 is 5.30. The molecule has 0 unspecified atom stereocenters. The van der Waals surface area contributed by atoms with E-state index in [-0.39, 0.29) is 6.04 Å². The van der Waals surface area contributed by atoms with Gasteiger partial charge in [-0.3, -0.25) is 0 Å². The predicted octanol–water partition coefficient (Wildman–Crippen LogP) is 2.48. The molecule has 1 aromatic carbocycles. The molecule has 2 heterocycles. The zero-order valence-electron chi connectivity index (χ0n) is 13.6. The Hall–Kier alpha value is -2.64. The molecule has 0 amide bonds. The molecule has 5 N–H and O–H groups in total. The Bertz CT molecular complexity index is 787. The standard InChI is InChI=1S/C17H22N6O/c1-2-24-11-12(18)10-21-17-20-9-7-16(23-17)22-15-5-3-4-14-13(15)6-8-19-14/h3-9,12,19H,2,10-11,18H2,1H3,(H2,20,21,22,23)/t12-/m1/s1.